The Bertz CT molecular complexity index is 249. The van der Waals surface area contributed by atoms with Crippen LogP contribution in [0.3, 0.4) is 0 Å². The molecule has 0 aromatic carbocycles. The monoisotopic (exact) mass is 273 g/mol. The molecule has 0 radical (unpaired) electrons. The van der Waals surface area contributed by atoms with Gasteiger partial charge >= 0.3 is 0 Å². The first-order valence-corrected chi connectivity index (χ1v) is 8.20. The van der Waals surface area contributed by atoms with Gasteiger partial charge < -0.3 is 10.4 Å². The van der Waals surface area contributed by atoms with E-state index in [0.29, 0.717) is 22.0 Å². The second kappa shape index (κ2) is 6.62. The van der Waals surface area contributed by atoms with Crippen LogP contribution in [0.25, 0.3) is 0 Å². The van der Waals surface area contributed by atoms with E-state index < -0.39 is 0 Å². The zero-order valence-electron chi connectivity index (χ0n) is 12.9. The molecular weight excluding hydrogens is 242 g/mol. The molecule has 1 aliphatic rings. The van der Waals surface area contributed by atoms with Crippen molar-refractivity contribution in [3.63, 3.8) is 0 Å². The number of rotatable bonds is 4. The van der Waals surface area contributed by atoms with E-state index in [1.807, 2.05) is 18.7 Å². The lowest BCUT2D eigenvalue weighted by Gasteiger charge is -2.42. The fourth-order valence-electron chi connectivity index (χ4n) is 2.79. The van der Waals surface area contributed by atoms with Crippen LogP contribution in [0.5, 0.6) is 0 Å². The molecule has 18 heavy (non-hydrogen) atoms. The molecule has 0 saturated heterocycles. The summed E-state index contributed by atoms with van der Waals surface area (Å²) in [5.74, 6) is 0.806. The summed E-state index contributed by atoms with van der Waals surface area (Å²) >= 11 is 1.97. The summed E-state index contributed by atoms with van der Waals surface area (Å²) in [6.45, 7) is 11.1. The van der Waals surface area contributed by atoms with Crippen molar-refractivity contribution in [2.24, 2.45) is 11.3 Å². The molecule has 0 heterocycles. The molecule has 0 aliphatic heterocycles. The summed E-state index contributed by atoms with van der Waals surface area (Å²) in [6.07, 6.45) is 3.65. The topological polar surface area (TPSA) is 32.3 Å². The molecule has 2 N–H and O–H groups in total. The highest BCUT2D eigenvalue weighted by Gasteiger charge is 2.36. The molecule has 0 spiro atoms. The molecule has 0 amide bonds. The Morgan fingerprint density at radius 1 is 1.22 bits per heavy atom. The van der Waals surface area contributed by atoms with Crippen LogP contribution in [0.15, 0.2) is 0 Å². The van der Waals surface area contributed by atoms with Gasteiger partial charge in [0, 0.05) is 16.5 Å². The molecule has 2 nitrogen and oxygen atoms in total. The van der Waals surface area contributed by atoms with Crippen molar-refractivity contribution in [3.05, 3.63) is 0 Å². The minimum atomic E-state index is -0.220. The first kappa shape index (κ1) is 16.3. The average Bonchev–Trinajstić information content (AvgIpc) is 2.27. The van der Waals surface area contributed by atoms with Crippen LogP contribution in [0.1, 0.15) is 53.9 Å². The fraction of sp³-hybridized carbons (Fsp3) is 1.00. The van der Waals surface area contributed by atoms with E-state index >= 15 is 0 Å². The molecule has 1 fully saturated rings. The van der Waals surface area contributed by atoms with E-state index in [2.05, 4.69) is 40.1 Å². The zero-order chi connectivity index (χ0) is 13.9. The van der Waals surface area contributed by atoms with Crippen LogP contribution >= 0.6 is 11.8 Å². The second-order valence-electron chi connectivity index (χ2n) is 6.89. The summed E-state index contributed by atoms with van der Waals surface area (Å²) < 4.78 is 0. The Hall–Kier alpha value is 0.270. The molecule has 0 aromatic rings. The minimum absolute atomic E-state index is 0.220. The fourth-order valence-corrected chi connectivity index (χ4v) is 4.37. The van der Waals surface area contributed by atoms with Crippen LogP contribution in [0.2, 0.25) is 0 Å². The van der Waals surface area contributed by atoms with Gasteiger partial charge in [0.05, 0.1) is 6.10 Å². The Kier molecular flexibility index (Phi) is 6.01. The minimum Gasteiger partial charge on any atom is -0.392 e. The van der Waals surface area contributed by atoms with E-state index in [-0.39, 0.29) is 6.10 Å². The van der Waals surface area contributed by atoms with Crippen molar-refractivity contribution in [1.29, 1.82) is 0 Å². The van der Waals surface area contributed by atoms with Crippen molar-refractivity contribution in [2.75, 3.05) is 7.05 Å². The van der Waals surface area contributed by atoms with Crippen molar-refractivity contribution in [1.82, 2.24) is 5.32 Å². The van der Waals surface area contributed by atoms with Gasteiger partial charge in [-0.3, -0.25) is 0 Å². The molecule has 108 valence electrons. The second-order valence-corrected chi connectivity index (χ2v) is 8.51. The van der Waals surface area contributed by atoms with Gasteiger partial charge in [0.2, 0.25) is 0 Å². The van der Waals surface area contributed by atoms with E-state index in [9.17, 15) is 5.11 Å². The van der Waals surface area contributed by atoms with Gasteiger partial charge in [0.25, 0.3) is 0 Å². The maximum atomic E-state index is 9.70. The molecule has 0 bridgehead atoms. The van der Waals surface area contributed by atoms with Gasteiger partial charge in [0.15, 0.2) is 0 Å². The molecule has 5 unspecified atom stereocenters. The Balaban J connectivity index is 2.65. The highest BCUT2D eigenvalue weighted by Crippen LogP contribution is 2.42. The zero-order valence-corrected chi connectivity index (χ0v) is 13.7. The smallest absolute Gasteiger partial charge is 0.0628 e. The average molecular weight is 273 g/mol. The van der Waals surface area contributed by atoms with E-state index in [1.54, 1.807) is 0 Å². The van der Waals surface area contributed by atoms with Gasteiger partial charge in [-0.15, -0.1) is 0 Å². The molecule has 5 atom stereocenters. The predicted octanol–water partition coefficient (Wildman–Crippen LogP) is 3.29. The van der Waals surface area contributed by atoms with Gasteiger partial charge in [-0.25, -0.2) is 0 Å². The maximum Gasteiger partial charge on any atom is 0.0628 e. The van der Waals surface area contributed by atoms with E-state index in [4.69, 9.17) is 0 Å². The van der Waals surface area contributed by atoms with Gasteiger partial charge in [0.1, 0.15) is 0 Å². The molecular formula is C15H31NOS. The summed E-state index contributed by atoms with van der Waals surface area (Å²) in [4.78, 5) is 0. The summed E-state index contributed by atoms with van der Waals surface area (Å²) in [5, 5.41) is 14.1. The van der Waals surface area contributed by atoms with Crippen LogP contribution < -0.4 is 5.32 Å². The Labute approximate surface area is 117 Å². The first-order chi connectivity index (χ1) is 8.25. The third-order valence-electron chi connectivity index (χ3n) is 4.46. The van der Waals surface area contributed by atoms with Crippen LogP contribution in [-0.2, 0) is 0 Å². The molecule has 1 rings (SSSR count). The van der Waals surface area contributed by atoms with Gasteiger partial charge in [-0.1, -0.05) is 27.7 Å². The Morgan fingerprint density at radius 2 is 1.83 bits per heavy atom. The quantitative estimate of drug-likeness (QED) is 0.824. The number of hydrogen-bond donors (Lipinski definition) is 2. The lowest BCUT2D eigenvalue weighted by molar-refractivity contribution is 0.165. The lowest BCUT2D eigenvalue weighted by Crippen LogP contribution is -2.44. The molecule has 1 saturated carbocycles. The summed E-state index contributed by atoms with van der Waals surface area (Å²) in [5.41, 5.74) is 0.408. The SMILES string of the molecule is CNC1CCC(C(C)(C)C)CC1SC(C)C(C)O. The number of aliphatic hydroxyl groups is 1. The highest BCUT2D eigenvalue weighted by molar-refractivity contribution is 8.00. The van der Waals surface area contributed by atoms with E-state index in [0.717, 1.165) is 5.92 Å². The van der Waals surface area contributed by atoms with Crippen LogP contribution in [-0.4, -0.2) is 34.8 Å². The highest BCUT2D eigenvalue weighted by atomic mass is 32.2. The molecule has 1 aliphatic carbocycles. The normalized spacial score (nSPS) is 33.2. The third kappa shape index (κ3) is 4.43. The van der Waals surface area contributed by atoms with Crippen molar-refractivity contribution in [2.45, 2.75) is 76.5 Å². The largest absolute Gasteiger partial charge is 0.392 e. The third-order valence-corrected chi connectivity index (χ3v) is 6.15. The standard InChI is InChI=1S/C15H31NOS/c1-10(17)11(2)18-14-9-12(15(3,4)5)7-8-13(14)16-6/h10-14,16-17H,7-9H2,1-6H3. The molecule has 3 heteroatoms. The van der Waals surface area contributed by atoms with Crippen molar-refractivity contribution < 1.29 is 5.11 Å². The number of nitrogens with one attached hydrogen (secondary N) is 1. The van der Waals surface area contributed by atoms with Gasteiger partial charge in [-0.2, -0.15) is 11.8 Å². The number of thioether (sulfide) groups is 1. The summed E-state index contributed by atoms with van der Waals surface area (Å²) in [7, 11) is 2.07. The maximum absolute atomic E-state index is 9.70. The van der Waals surface area contributed by atoms with Gasteiger partial charge in [-0.05, 0) is 44.6 Å². The predicted molar refractivity (Wildman–Crippen MR) is 82.2 cm³/mol. The first-order valence-electron chi connectivity index (χ1n) is 7.26. The Morgan fingerprint density at radius 3 is 2.28 bits per heavy atom. The van der Waals surface area contributed by atoms with Crippen LogP contribution in [0, 0.1) is 11.3 Å². The molecule has 0 aromatic heterocycles. The van der Waals surface area contributed by atoms with Crippen LogP contribution in [0.4, 0.5) is 0 Å². The number of aliphatic hydroxyl groups excluding tert-OH is 1. The number of hydrogen-bond acceptors (Lipinski definition) is 3. The van der Waals surface area contributed by atoms with E-state index in [1.165, 1.54) is 19.3 Å². The summed E-state index contributed by atoms with van der Waals surface area (Å²) in [6, 6.07) is 0.606. The lowest BCUT2D eigenvalue weighted by atomic mass is 9.71. The van der Waals surface area contributed by atoms with Crippen molar-refractivity contribution >= 4 is 11.8 Å². The van der Waals surface area contributed by atoms with Crippen molar-refractivity contribution in [3.8, 4) is 0 Å².